The summed E-state index contributed by atoms with van der Waals surface area (Å²) in [5.41, 5.74) is 1.06. The predicted octanol–water partition coefficient (Wildman–Crippen LogP) is 3.11. The van der Waals surface area contributed by atoms with Crippen LogP contribution in [-0.4, -0.2) is 25.1 Å². The second kappa shape index (κ2) is 6.38. The van der Waals surface area contributed by atoms with Crippen LogP contribution in [0.15, 0.2) is 41.1 Å². The van der Waals surface area contributed by atoms with Crippen LogP contribution >= 0.6 is 15.9 Å². The number of pyridine rings is 1. The molecule has 1 amide bonds. The average Bonchev–Trinajstić information content (AvgIpc) is 2.48. The molecule has 0 aliphatic rings. The van der Waals surface area contributed by atoms with Gasteiger partial charge in [-0.1, -0.05) is 0 Å². The highest BCUT2D eigenvalue weighted by molar-refractivity contribution is 9.10. The number of ether oxygens (including phenoxy) is 2. The average molecular weight is 337 g/mol. The van der Waals surface area contributed by atoms with Crippen molar-refractivity contribution in [3.05, 3.63) is 46.7 Å². The third kappa shape index (κ3) is 3.48. The van der Waals surface area contributed by atoms with Crippen molar-refractivity contribution in [2.24, 2.45) is 0 Å². The first-order chi connectivity index (χ1) is 9.62. The Morgan fingerprint density at radius 3 is 2.30 bits per heavy atom. The van der Waals surface area contributed by atoms with Gasteiger partial charge >= 0.3 is 0 Å². The van der Waals surface area contributed by atoms with Gasteiger partial charge < -0.3 is 14.8 Å². The van der Waals surface area contributed by atoms with Crippen LogP contribution in [0, 0.1) is 0 Å². The lowest BCUT2D eigenvalue weighted by Crippen LogP contribution is -2.12. The molecule has 0 saturated heterocycles. The van der Waals surface area contributed by atoms with E-state index < -0.39 is 0 Å². The lowest BCUT2D eigenvalue weighted by Gasteiger charge is -2.09. The van der Waals surface area contributed by atoms with Gasteiger partial charge in [-0.15, -0.1) is 0 Å². The SMILES string of the molecule is COc1cc(OC)cc(C(=O)Nc2ccc(Br)nc2)c1. The van der Waals surface area contributed by atoms with E-state index in [4.69, 9.17) is 9.47 Å². The number of rotatable bonds is 4. The maximum absolute atomic E-state index is 12.2. The van der Waals surface area contributed by atoms with Crippen molar-refractivity contribution in [1.29, 1.82) is 0 Å². The fraction of sp³-hybridized carbons (Fsp3) is 0.143. The maximum atomic E-state index is 12.2. The molecule has 1 aromatic carbocycles. The molecule has 0 saturated carbocycles. The molecule has 2 aromatic rings. The molecule has 1 N–H and O–H groups in total. The number of amides is 1. The largest absolute Gasteiger partial charge is 0.497 e. The second-order valence-electron chi connectivity index (χ2n) is 3.93. The molecule has 1 heterocycles. The summed E-state index contributed by atoms with van der Waals surface area (Å²) in [4.78, 5) is 16.2. The summed E-state index contributed by atoms with van der Waals surface area (Å²) in [6.07, 6.45) is 1.57. The van der Waals surface area contributed by atoms with E-state index in [-0.39, 0.29) is 5.91 Å². The van der Waals surface area contributed by atoms with Gasteiger partial charge in [0.2, 0.25) is 0 Å². The standard InChI is InChI=1S/C14H13BrN2O3/c1-19-11-5-9(6-12(7-11)20-2)14(18)17-10-3-4-13(15)16-8-10/h3-8H,1-2H3,(H,17,18). The number of anilines is 1. The Hall–Kier alpha value is -2.08. The van der Waals surface area contributed by atoms with Crippen molar-refractivity contribution in [2.75, 3.05) is 19.5 Å². The van der Waals surface area contributed by atoms with Crippen LogP contribution in [0.2, 0.25) is 0 Å². The van der Waals surface area contributed by atoms with Gasteiger partial charge in [-0.3, -0.25) is 4.79 Å². The van der Waals surface area contributed by atoms with E-state index in [0.29, 0.717) is 27.4 Å². The molecule has 1 aromatic heterocycles. The monoisotopic (exact) mass is 336 g/mol. The molecule has 0 unspecified atom stereocenters. The molecule has 0 bridgehead atoms. The predicted molar refractivity (Wildman–Crippen MR) is 79.4 cm³/mol. The molecule has 0 radical (unpaired) electrons. The van der Waals surface area contributed by atoms with Gasteiger partial charge in [-0.2, -0.15) is 0 Å². The van der Waals surface area contributed by atoms with Crippen LogP contribution in [0.3, 0.4) is 0 Å². The van der Waals surface area contributed by atoms with E-state index in [1.807, 2.05) is 0 Å². The van der Waals surface area contributed by atoms with E-state index in [0.717, 1.165) is 0 Å². The number of hydrogen-bond acceptors (Lipinski definition) is 4. The molecule has 0 fully saturated rings. The lowest BCUT2D eigenvalue weighted by atomic mass is 10.2. The maximum Gasteiger partial charge on any atom is 0.255 e. The minimum Gasteiger partial charge on any atom is -0.497 e. The van der Waals surface area contributed by atoms with Crippen LogP contribution in [0.4, 0.5) is 5.69 Å². The zero-order chi connectivity index (χ0) is 14.5. The van der Waals surface area contributed by atoms with Crippen molar-refractivity contribution in [1.82, 2.24) is 4.98 Å². The summed E-state index contributed by atoms with van der Waals surface area (Å²) in [6, 6.07) is 8.50. The third-order valence-electron chi connectivity index (χ3n) is 2.60. The summed E-state index contributed by atoms with van der Waals surface area (Å²) in [5.74, 6) is 0.859. The van der Waals surface area contributed by atoms with Crippen molar-refractivity contribution >= 4 is 27.5 Å². The normalized spacial score (nSPS) is 9.95. The zero-order valence-electron chi connectivity index (χ0n) is 11.0. The van der Waals surface area contributed by atoms with E-state index >= 15 is 0 Å². The molecule has 2 rings (SSSR count). The zero-order valence-corrected chi connectivity index (χ0v) is 12.6. The Labute approximate surface area is 125 Å². The summed E-state index contributed by atoms with van der Waals surface area (Å²) in [7, 11) is 3.07. The second-order valence-corrected chi connectivity index (χ2v) is 4.74. The molecule has 104 valence electrons. The van der Waals surface area contributed by atoms with Crippen LogP contribution < -0.4 is 14.8 Å². The number of halogens is 1. The lowest BCUT2D eigenvalue weighted by molar-refractivity contribution is 0.102. The summed E-state index contributed by atoms with van der Waals surface area (Å²) in [6.45, 7) is 0. The number of methoxy groups -OCH3 is 2. The quantitative estimate of drug-likeness (QED) is 0.871. The smallest absolute Gasteiger partial charge is 0.255 e. The van der Waals surface area contributed by atoms with Crippen molar-refractivity contribution < 1.29 is 14.3 Å². The number of nitrogens with zero attached hydrogens (tertiary/aromatic N) is 1. The first-order valence-corrected chi connectivity index (χ1v) is 6.57. The van der Waals surface area contributed by atoms with E-state index in [2.05, 4.69) is 26.2 Å². The minimum absolute atomic E-state index is 0.258. The summed E-state index contributed by atoms with van der Waals surface area (Å²) < 4.78 is 11.0. The van der Waals surface area contributed by atoms with E-state index in [9.17, 15) is 4.79 Å². The Kier molecular flexibility index (Phi) is 4.57. The Morgan fingerprint density at radius 1 is 1.15 bits per heavy atom. The van der Waals surface area contributed by atoms with Gasteiger partial charge in [0, 0.05) is 11.6 Å². The minimum atomic E-state index is -0.258. The number of hydrogen-bond donors (Lipinski definition) is 1. The number of carbonyl (C=O) groups excluding carboxylic acids is 1. The number of benzene rings is 1. The molecule has 0 atom stereocenters. The molecule has 0 spiro atoms. The molecule has 0 aliphatic carbocycles. The summed E-state index contributed by atoms with van der Waals surface area (Å²) in [5, 5.41) is 2.75. The molecular weight excluding hydrogens is 324 g/mol. The van der Waals surface area contributed by atoms with Gasteiger partial charge in [-0.25, -0.2) is 4.98 Å². The van der Waals surface area contributed by atoms with Crippen molar-refractivity contribution in [3.63, 3.8) is 0 Å². The van der Waals surface area contributed by atoms with Gasteiger partial charge in [0.25, 0.3) is 5.91 Å². The van der Waals surface area contributed by atoms with Crippen molar-refractivity contribution in [2.45, 2.75) is 0 Å². The Bertz CT molecular complexity index is 592. The van der Waals surface area contributed by atoms with E-state index in [1.165, 1.54) is 14.2 Å². The Morgan fingerprint density at radius 2 is 1.80 bits per heavy atom. The molecule has 6 heteroatoms. The van der Waals surface area contributed by atoms with E-state index in [1.54, 1.807) is 36.5 Å². The van der Waals surface area contributed by atoms with Crippen LogP contribution in [0.5, 0.6) is 11.5 Å². The Balaban J connectivity index is 2.22. The highest BCUT2D eigenvalue weighted by Crippen LogP contribution is 2.23. The number of carbonyl (C=O) groups is 1. The molecule has 20 heavy (non-hydrogen) atoms. The molecular formula is C14H13BrN2O3. The first-order valence-electron chi connectivity index (χ1n) is 5.78. The van der Waals surface area contributed by atoms with Gasteiger partial charge in [0.15, 0.2) is 0 Å². The van der Waals surface area contributed by atoms with Crippen LogP contribution in [-0.2, 0) is 0 Å². The highest BCUT2D eigenvalue weighted by atomic mass is 79.9. The number of nitrogens with one attached hydrogen (secondary N) is 1. The third-order valence-corrected chi connectivity index (χ3v) is 3.07. The fourth-order valence-electron chi connectivity index (χ4n) is 1.59. The van der Waals surface area contributed by atoms with Crippen molar-refractivity contribution in [3.8, 4) is 11.5 Å². The number of aromatic nitrogens is 1. The highest BCUT2D eigenvalue weighted by Gasteiger charge is 2.10. The van der Waals surface area contributed by atoms with Crippen LogP contribution in [0.1, 0.15) is 10.4 Å². The molecule has 0 aliphatic heterocycles. The van der Waals surface area contributed by atoms with Crippen LogP contribution in [0.25, 0.3) is 0 Å². The molecule has 5 nitrogen and oxygen atoms in total. The van der Waals surface area contributed by atoms with Gasteiger partial charge in [-0.05, 0) is 40.2 Å². The van der Waals surface area contributed by atoms with Gasteiger partial charge in [0.1, 0.15) is 16.1 Å². The fourth-order valence-corrected chi connectivity index (χ4v) is 1.83. The topological polar surface area (TPSA) is 60.5 Å². The first kappa shape index (κ1) is 14.3. The van der Waals surface area contributed by atoms with Gasteiger partial charge in [0.05, 0.1) is 26.1 Å². The summed E-state index contributed by atoms with van der Waals surface area (Å²) >= 11 is 3.24.